The summed E-state index contributed by atoms with van der Waals surface area (Å²) in [5.41, 5.74) is 1.29. The fraction of sp³-hybridized carbons (Fsp3) is 0.350. The zero-order valence-corrected chi connectivity index (χ0v) is 16.7. The van der Waals surface area contributed by atoms with Crippen LogP contribution >= 0.6 is 23.8 Å². The molecule has 0 amide bonds. The molecule has 4 nitrogen and oxygen atoms in total. The van der Waals surface area contributed by atoms with Gasteiger partial charge in [0, 0.05) is 36.3 Å². The molecule has 2 aromatic carbocycles. The summed E-state index contributed by atoms with van der Waals surface area (Å²) in [6.07, 6.45) is 2.09. The first-order valence-electron chi connectivity index (χ1n) is 8.81. The van der Waals surface area contributed by atoms with Crippen molar-refractivity contribution in [1.29, 1.82) is 0 Å². The van der Waals surface area contributed by atoms with Crippen molar-refractivity contribution in [2.24, 2.45) is 0 Å². The zero-order valence-electron chi connectivity index (χ0n) is 15.1. The van der Waals surface area contributed by atoms with E-state index in [2.05, 4.69) is 5.32 Å². The van der Waals surface area contributed by atoms with Crippen molar-refractivity contribution < 1.29 is 13.9 Å². The summed E-state index contributed by atoms with van der Waals surface area (Å²) in [6.45, 7) is 1.70. The van der Waals surface area contributed by atoms with Gasteiger partial charge in [0.2, 0.25) is 0 Å². The summed E-state index contributed by atoms with van der Waals surface area (Å²) in [7, 11) is 1.57. The van der Waals surface area contributed by atoms with Gasteiger partial charge in [-0.05, 0) is 43.3 Å². The molecule has 0 saturated carbocycles. The number of methoxy groups -OCH3 is 1. The van der Waals surface area contributed by atoms with Crippen LogP contribution in [0, 0.1) is 5.82 Å². The van der Waals surface area contributed by atoms with Crippen molar-refractivity contribution in [2.75, 3.05) is 25.6 Å². The standard InChI is InChI=1S/C20H22ClFN2O2S/c1-25-19-11-15(21)8-9-18(19)23-20(27)24(13-16-6-4-10-26-16)12-14-5-2-3-7-17(14)22/h2-3,5,7-9,11,16H,4,6,10,12-13H2,1H3,(H,23,27). The van der Waals surface area contributed by atoms with E-state index in [1.54, 1.807) is 37.4 Å². The first-order chi connectivity index (χ1) is 13.1. The van der Waals surface area contributed by atoms with Gasteiger partial charge in [-0.25, -0.2) is 4.39 Å². The van der Waals surface area contributed by atoms with Crippen molar-refractivity contribution in [1.82, 2.24) is 4.90 Å². The maximum atomic E-state index is 14.2. The molecule has 2 aromatic rings. The van der Waals surface area contributed by atoms with Gasteiger partial charge in [0.25, 0.3) is 0 Å². The Morgan fingerprint density at radius 1 is 1.37 bits per heavy atom. The second kappa shape index (κ2) is 9.35. The number of halogens is 2. The predicted molar refractivity (Wildman–Crippen MR) is 110 cm³/mol. The molecule has 1 aliphatic rings. The lowest BCUT2D eigenvalue weighted by molar-refractivity contribution is 0.0903. The average molecular weight is 409 g/mol. The van der Waals surface area contributed by atoms with Crippen molar-refractivity contribution >= 4 is 34.6 Å². The van der Waals surface area contributed by atoms with Crippen LogP contribution in [0.4, 0.5) is 10.1 Å². The molecule has 1 N–H and O–H groups in total. The van der Waals surface area contributed by atoms with Gasteiger partial charge in [0.15, 0.2) is 5.11 Å². The smallest absolute Gasteiger partial charge is 0.173 e. The summed E-state index contributed by atoms with van der Waals surface area (Å²) in [5.74, 6) is 0.342. The second-order valence-corrected chi connectivity index (χ2v) is 7.20. The minimum atomic E-state index is -0.248. The Labute approximate surface area is 169 Å². The third kappa shape index (κ3) is 5.31. The van der Waals surface area contributed by atoms with Crippen LogP contribution in [-0.4, -0.2) is 36.4 Å². The van der Waals surface area contributed by atoms with Crippen molar-refractivity contribution in [3.05, 3.63) is 58.9 Å². The molecule has 1 atom stereocenters. The van der Waals surface area contributed by atoms with Gasteiger partial charge in [0.1, 0.15) is 11.6 Å². The quantitative estimate of drug-likeness (QED) is 0.690. The highest BCUT2D eigenvalue weighted by Crippen LogP contribution is 2.28. The molecule has 1 unspecified atom stereocenters. The summed E-state index contributed by atoms with van der Waals surface area (Å²) in [5, 5.41) is 4.25. The third-order valence-corrected chi connectivity index (χ3v) is 5.05. The number of hydrogen-bond acceptors (Lipinski definition) is 3. The lowest BCUT2D eigenvalue weighted by Gasteiger charge is -2.29. The molecule has 1 fully saturated rings. The molecular formula is C20H22ClFN2O2S. The van der Waals surface area contributed by atoms with E-state index in [9.17, 15) is 4.39 Å². The van der Waals surface area contributed by atoms with Crippen molar-refractivity contribution in [3.8, 4) is 5.75 Å². The number of benzene rings is 2. The Morgan fingerprint density at radius 3 is 2.89 bits per heavy atom. The lowest BCUT2D eigenvalue weighted by Crippen LogP contribution is -2.39. The largest absolute Gasteiger partial charge is 0.495 e. The summed E-state index contributed by atoms with van der Waals surface area (Å²) in [4.78, 5) is 1.93. The molecule has 1 aliphatic heterocycles. The summed E-state index contributed by atoms with van der Waals surface area (Å²) >= 11 is 11.6. The second-order valence-electron chi connectivity index (χ2n) is 6.38. The maximum absolute atomic E-state index is 14.2. The van der Waals surface area contributed by atoms with Crippen molar-refractivity contribution in [2.45, 2.75) is 25.5 Å². The molecular weight excluding hydrogens is 387 g/mol. The van der Waals surface area contributed by atoms with E-state index < -0.39 is 0 Å². The first-order valence-corrected chi connectivity index (χ1v) is 9.60. The van der Waals surface area contributed by atoms with Gasteiger partial charge in [0.05, 0.1) is 18.9 Å². The van der Waals surface area contributed by atoms with Crippen LogP contribution in [0.1, 0.15) is 18.4 Å². The van der Waals surface area contributed by atoms with Gasteiger partial charge in [-0.1, -0.05) is 29.8 Å². The van der Waals surface area contributed by atoms with E-state index in [0.29, 0.717) is 40.2 Å². The van der Waals surface area contributed by atoms with E-state index in [1.165, 1.54) is 6.07 Å². The topological polar surface area (TPSA) is 33.7 Å². The SMILES string of the molecule is COc1cc(Cl)ccc1NC(=S)N(Cc1ccccc1F)CC1CCCO1. The molecule has 0 radical (unpaired) electrons. The maximum Gasteiger partial charge on any atom is 0.173 e. The van der Waals surface area contributed by atoms with Gasteiger partial charge in [-0.2, -0.15) is 0 Å². The molecule has 1 saturated heterocycles. The van der Waals surface area contributed by atoms with E-state index in [0.717, 1.165) is 19.4 Å². The Morgan fingerprint density at radius 2 is 2.19 bits per heavy atom. The average Bonchev–Trinajstić information content (AvgIpc) is 3.17. The summed E-state index contributed by atoms with van der Waals surface area (Å²) in [6, 6.07) is 12.0. The molecule has 1 heterocycles. The number of nitrogens with zero attached hydrogens (tertiary/aromatic N) is 1. The van der Waals surface area contributed by atoms with Crippen LogP contribution in [0.15, 0.2) is 42.5 Å². The molecule has 7 heteroatoms. The zero-order chi connectivity index (χ0) is 19.2. The number of rotatable bonds is 6. The highest BCUT2D eigenvalue weighted by Gasteiger charge is 2.22. The van der Waals surface area contributed by atoms with Crippen molar-refractivity contribution in [3.63, 3.8) is 0 Å². The molecule has 3 rings (SSSR count). The number of anilines is 1. The minimum Gasteiger partial charge on any atom is -0.495 e. The van der Waals surface area contributed by atoms with Gasteiger partial charge >= 0.3 is 0 Å². The number of thiocarbonyl (C=S) groups is 1. The van der Waals surface area contributed by atoms with Gasteiger partial charge in [-0.3, -0.25) is 0 Å². The normalized spacial score (nSPS) is 16.2. The van der Waals surface area contributed by atoms with Crippen LogP contribution in [0.25, 0.3) is 0 Å². The van der Waals surface area contributed by atoms with Crippen LogP contribution in [0.3, 0.4) is 0 Å². The molecule has 0 aliphatic carbocycles. The van der Waals surface area contributed by atoms with Gasteiger partial charge < -0.3 is 19.7 Å². The molecule has 144 valence electrons. The highest BCUT2D eigenvalue weighted by molar-refractivity contribution is 7.80. The Bertz CT molecular complexity index is 799. The van der Waals surface area contributed by atoms with E-state index >= 15 is 0 Å². The Hall–Kier alpha value is -1.89. The van der Waals surface area contributed by atoms with E-state index in [1.807, 2.05) is 11.0 Å². The van der Waals surface area contributed by atoms with E-state index in [-0.39, 0.29) is 11.9 Å². The van der Waals surface area contributed by atoms with Crippen LogP contribution < -0.4 is 10.1 Å². The minimum absolute atomic E-state index is 0.0867. The fourth-order valence-electron chi connectivity index (χ4n) is 3.05. The molecule has 0 aromatic heterocycles. The van der Waals surface area contributed by atoms with Gasteiger partial charge in [-0.15, -0.1) is 0 Å². The number of ether oxygens (including phenoxy) is 2. The fourth-order valence-corrected chi connectivity index (χ4v) is 3.46. The van der Waals surface area contributed by atoms with Crippen LogP contribution in [-0.2, 0) is 11.3 Å². The summed E-state index contributed by atoms with van der Waals surface area (Å²) < 4.78 is 25.3. The lowest BCUT2D eigenvalue weighted by atomic mass is 10.2. The highest BCUT2D eigenvalue weighted by atomic mass is 35.5. The Balaban J connectivity index is 1.78. The molecule has 0 bridgehead atoms. The molecule has 0 spiro atoms. The van der Waals surface area contributed by atoms with Crippen LogP contribution in [0.5, 0.6) is 5.75 Å². The third-order valence-electron chi connectivity index (χ3n) is 4.46. The number of hydrogen-bond donors (Lipinski definition) is 1. The molecule has 27 heavy (non-hydrogen) atoms. The predicted octanol–water partition coefficient (Wildman–Crippen LogP) is 4.87. The van der Waals surface area contributed by atoms with Crippen LogP contribution in [0.2, 0.25) is 5.02 Å². The number of nitrogens with one attached hydrogen (secondary N) is 1. The van der Waals surface area contributed by atoms with E-state index in [4.69, 9.17) is 33.3 Å². The monoisotopic (exact) mass is 408 g/mol. The Kier molecular flexibility index (Phi) is 6.88. The first kappa shape index (κ1) is 19.9.